The minimum atomic E-state index is -0.359. The van der Waals surface area contributed by atoms with E-state index < -0.39 is 0 Å². The summed E-state index contributed by atoms with van der Waals surface area (Å²) >= 11 is 0. The number of nitrogens with one attached hydrogen (secondary N) is 1. The highest BCUT2D eigenvalue weighted by atomic mass is 19.1. The van der Waals surface area contributed by atoms with Gasteiger partial charge in [0.15, 0.2) is 11.6 Å². The molecule has 1 heterocycles. The minimum absolute atomic E-state index is 0.0331. The molecule has 1 aliphatic rings. The molecule has 0 bridgehead atoms. The van der Waals surface area contributed by atoms with Gasteiger partial charge in [-0.1, -0.05) is 18.2 Å². The van der Waals surface area contributed by atoms with Gasteiger partial charge in [-0.25, -0.2) is 4.39 Å². The molecule has 5 heteroatoms. The molecule has 0 radical (unpaired) electrons. The van der Waals surface area contributed by atoms with Gasteiger partial charge >= 0.3 is 0 Å². The van der Waals surface area contributed by atoms with Crippen LogP contribution in [-0.4, -0.2) is 42.6 Å². The number of carbonyl (C=O) groups excluding carboxylic acids is 1. The van der Waals surface area contributed by atoms with Gasteiger partial charge in [-0.05, 0) is 19.1 Å². The SMILES string of the molecule is C=CCNC(=O)C(C)N1CC(Oc2ccccc2F)C1. The van der Waals surface area contributed by atoms with Crippen LogP contribution in [0, 0.1) is 5.82 Å². The predicted octanol–water partition coefficient (Wildman–Crippen LogP) is 1.58. The third-order valence-corrected chi connectivity index (χ3v) is 3.35. The lowest BCUT2D eigenvalue weighted by molar-refractivity contribution is -0.129. The summed E-state index contributed by atoms with van der Waals surface area (Å²) in [5.74, 6) is -0.127. The van der Waals surface area contributed by atoms with E-state index in [4.69, 9.17) is 4.74 Å². The first-order valence-electron chi connectivity index (χ1n) is 6.65. The first kappa shape index (κ1) is 14.5. The van der Waals surface area contributed by atoms with Crippen molar-refractivity contribution in [1.82, 2.24) is 10.2 Å². The highest BCUT2D eigenvalue weighted by molar-refractivity contribution is 5.81. The Balaban J connectivity index is 1.78. The number of nitrogens with zero attached hydrogens (tertiary/aromatic N) is 1. The monoisotopic (exact) mass is 278 g/mol. The molecule has 108 valence electrons. The van der Waals surface area contributed by atoms with Gasteiger partial charge in [-0.2, -0.15) is 0 Å². The molecule has 0 aromatic heterocycles. The van der Waals surface area contributed by atoms with Gasteiger partial charge in [0.25, 0.3) is 0 Å². The van der Waals surface area contributed by atoms with Crippen molar-refractivity contribution in [2.75, 3.05) is 19.6 Å². The third kappa shape index (κ3) is 3.36. The fraction of sp³-hybridized carbons (Fsp3) is 0.400. The molecule has 1 atom stereocenters. The molecule has 1 aromatic carbocycles. The first-order valence-corrected chi connectivity index (χ1v) is 6.65. The average Bonchev–Trinajstić information content (AvgIpc) is 2.40. The summed E-state index contributed by atoms with van der Waals surface area (Å²) in [6.07, 6.45) is 1.58. The summed E-state index contributed by atoms with van der Waals surface area (Å²) in [5.41, 5.74) is 0. The van der Waals surface area contributed by atoms with Crippen LogP contribution in [0.4, 0.5) is 4.39 Å². The van der Waals surface area contributed by atoms with Crippen molar-refractivity contribution in [3.8, 4) is 5.75 Å². The largest absolute Gasteiger partial charge is 0.485 e. The highest BCUT2D eigenvalue weighted by Gasteiger charge is 2.35. The highest BCUT2D eigenvalue weighted by Crippen LogP contribution is 2.22. The van der Waals surface area contributed by atoms with Crippen LogP contribution in [0.25, 0.3) is 0 Å². The average molecular weight is 278 g/mol. The Morgan fingerprint density at radius 2 is 2.30 bits per heavy atom. The molecular weight excluding hydrogens is 259 g/mol. The molecule has 4 nitrogen and oxygen atoms in total. The second kappa shape index (κ2) is 6.52. The smallest absolute Gasteiger partial charge is 0.237 e. The molecule has 0 aliphatic carbocycles. The molecule has 0 spiro atoms. The number of likely N-dealkylation sites (tertiary alicyclic amines) is 1. The van der Waals surface area contributed by atoms with Gasteiger partial charge in [0.1, 0.15) is 6.10 Å². The van der Waals surface area contributed by atoms with Crippen molar-refractivity contribution >= 4 is 5.91 Å². The maximum absolute atomic E-state index is 13.4. The number of carbonyl (C=O) groups is 1. The molecule has 1 unspecified atom stereocenters. The van der Waals surface area contributed by atoms with E-state index in [1.807, 2.05) is 11.8 Å². The summed E-state index contributed by atoms with van der Waals surface area (Å²) in [6.45, 7) is 7.11. The molecule has 2 rings (SSSR count). The molecule has 1 fully saturated rings. The molecule has 20 heavy (non-hydrogen) atoms. The Labute approximate surface area is 118 Å². The lowest BCUT2D eigenvalue weighted by Gasteiger charge is -2.41. The zero-order chi connectivity index (χ0) is 14.5. The fourth-order valence-corrected chi connectivity index (χ4v) is 2.07. The maximum atomic E-state index is 13.4. The van der Waals surface area contributed by atoms with Gasteiger partial charge in [0.2, 0.25) is 5.91 Å². The lowest BCUT2D eigenvalue weighted by atomic mass is 10.1. The Morgan fingerprint density at radius 3 is 2.95 bits per heavy atom. The Kier molecular flexibility index (Phi) is 4.74. The van der Waals surface area contributed by atoms with Crippen LogP contribution in [-0.2, 0) is 4.79 Å². The minimum Gasteiger partial charge on any atom is -0.485 e. The topological polar surface area (TPSA) is 41.6 Å². The van der Waals surface area contributed by atoms with Crippen molar-refractivity contribution in [2.24, 2.45) is 0 Å². The van der Waals surface area contributed by atoms with Crippen LogP contribution >= 0.6 is 0 Å². The number of hydrogen-bond donors (Lipinski definition) is 1. The van der Waals surface area contributed by atoms with Crippen LogP contribution in [0.15, 0.2) is 36.9 Å². The summed E-state index contributed by atoms with van der Waals surface area (Å²) in [7, 11) is 0. The van der Waals surface area contributed by atoms with E-state index in [0.717, 1.165) is 0 Å². The number of benzene rings is 1. The number of amides is 1. The van der Waals surface area contributed by atoms with E-state index in [9.17, 15) is 9.18 Å². The second-order valence-electron chi connectivity index (χ2n) is 4.83. The number of para-hydroxylation sites is 1. The second-order valence-corrected chi connectivity index (χ2v) is 4.83. The first-order chi connectivity index (χ1) is 9.61. The number of ether oxygens (including phenoxy) is 1. The van der Waals surface area contributed by atoms with Crippen molar-refractivity contribution < 1.29 is 13.9 Å². The summed E-state index contributed by atoms with van der Waals surface area (Å²) in [6, 6.07) is 6.13. The zero-order valence-corrected chi connectivity index (χ0v) is 11.5. The van der Waals surface area contributed by atoms with Crippen LogP contribution in [0.2, 0.25) is 0 Å². The van der Waals surface area contributed by atoms with E-state index in [1.165, 1.54) is 6.07 Å². The van der Waals surface area contributed by atoms with Gasteiger partial charge in [-0.3, -0.25) is 9.69 Å². The molecule has 1 aromatic rings. The van der Waals surface area contributed by atoms with Crippen molar-refractivity contribution in [3.63, 3.8) is 0 Å². The van der Waals surface area contributed by atoms with E-state index >= 15 is 0 Å². The Morgan fingerprint density at radius 1 is 1.60 bits per heavy atom. The standard InChI is InChI=1S/C15H19FN2O2/c1-3-8-17-15(19)11(2)18-9-12(10-18)20-14-7-5-4-6-13(14)16/h3-7,11-12H,1,8-10H2,2H3,(H,17,19). The molecular formula is C15H19FN2O2. The zero-order valence-electron chi connectivity index (χ0n) is 11.5. The van der Waals surface area contributed by atoms with Gasteiger partial charge in [0, 0.05) is 19.6 Å². The van der Waals surface area contributed by atoms with Crippen molar-refractivity contribution in [1.29, 1.82) is 0 Å². The Hall–Kier alpha value is -1.88. The molecule has 0 saturated carbocycles. The van der Waals surface area contributed by atoms with Gasteiger partial charge in [0.05, 0.1) is 6.04 Å². The van der Waals surface area contributed by atoms with Gasteiger partial charge < -0.3 is 10.1 Å². The normalized spacial score (nSPS) is 17.1. The quantitative estimate of drug-likeness (QED) is 0.803. The van der Waals surface area contributed by atoms with Crippen LogP contribution in [0.1, 0.15) is 6.92 Å². The predicted molar refractivity (Wildman–Crippen MR) is 75.1 cm³/mol. The third-order valence-electron chi connectivity index (χ3n) is 3.35. The van der Waals surface area contributed by atoms with Crippen LogP contribution in [0.3, 0.4) is 0 Å². The summed E-state index contributed by atoms with van der Waals surface area (Å²) in [5, 5.41) is 2.76. The van der Waals surface area contributed by atoms with E-state index in [-0.39, 0.29) is 29.6 Å². The van der Waals surface area contributed by atoms with E-state index in [0.29, 0.717) is 19.6 Å². The number of hydrogen-bond acceptors (Lipinski definition) is 3. The van der Waals surface area contributed by atoms with E-state index in [1.54, 1.807) is 24.3 Å². The molecule has 1 aliphatic heterocycles. The Bertz CT molecular complexity index is 487. The van der Waals surface area contributed by atoms with Crippen LogP contribution in [0.5, 0.6) is 5.75 Å². The number of halogens is 1. The van der Waals surface area contributed by atoms with Crippen LogP contribution < -0.4 is 10.1 Å². The van der Waals surface area contributed by atoms with Gasteiger partial charge in [-0.15, -0.1) is 6.58 Å². The lowest BCUT2D eigenvalue weighted by Crippen LogP contribution is -2.60. The van der Waals surface area contributed by atoms with E-state index in [2.05, 4.69) is 11.9 Å². The van der Waals surface area contributed by atoms with Crippen molar-refractivity contribution in [3.05, 3.63) is 42.7 Å². The summed E-state index contributed by atoms with van der Waals surface area (Å²) in [4.78, 5) is 13.7. The van der Waals surface area contributed by atoms with Crippen molar-refractivity contribution in [2.45, 2.75) is 19.1 Å². The maximum Gasteiger partial charge on any atom is 0.237 e. The molecule has 1 saturated heterocycles. The number of rotatable bonds is 6. The molecule has 1 N–H and O–H groups in total. The fourth-order valence-electron chi connectivity index (χ4n) is 2.07. The molecule has 1 amide bonds. The summed E-state index contributed by atoms with van der Waals surface area (Å²) < 4.78 is 19.0.